The third kappa shape index (κ3) is 3.73. The number of aryl methyl sites for hydroxylation is 1. The van der Waals surface area contributed by atoms with Gasteiger partial charge in [-0.15, -0.1) is 0 Å². The maximum absolute atomic E-state index is 12.5. The molecule has 2 heterocycles. The van der Waals surface area contributed by atoms with Crippen LogP contribution in [0.3, 0.4) is 0 Å². The van der Waals surface area contributed by atoms with Crippen LogP contribution >= 0.6 is 11.3 Å². The van der Waals surface area contributed by atoms with Crippen molar-refractivity contribution in [2.45, 2.75) is 13.8 Å². The maximum atomic E-state index is 12.5. The molecule has 6 heteroatoms. The number of aromatic nitrogens is 2. The van der Waals surface area contributed by atoms with E-state index in [9.17, 15) is 4.79 Å². The highest BCUT2D eigenvalue weighted by molar-refractivity contribution is 7.21. The molecule has 0 aliphatic rings. The summed E-state index contributed by atoms with van der Waals surface area (Å²) in [6.07, 6.45) is 1.77. The van der Waals surface area contributed by atoms with E-state index in [2.05, 4.69) is 15.3 Å². The normalized spacial score (nSPS) is 10.8. The zero-order valence-electron chi connectivity index (χ0n) is 15.6. The number of nitrogens with zero attached hydrogens (tertiary/aromatic N) is 2. The van der Waals surface area contributed by atoms with Gasteiger partial charge in [0.1, 0.15) is 21.1 Å². The van der Waals surface area contributed by atoms with Gasteiger partial charge in [-0.2, -0.15) is 0 Å². The van der Waals surface area contributed by atoms with Crippen molar-refractivity contribution in [3.05, 3.63) is 71.9 Å². The summed E-state index contributed by atoms with van der Waals surface area (Å²) in [5, 5.41) is 3.89. The molecule has 0 fully saturated rings. The van der Waals surface area contributed by atoms with Crippen LogP contribution in [-0.2, 0) is 0 Å². The Morgan fingerprint density at radius 1 is 1.14 bits per heavy atom. The average Bonchev–Trinajstić information content (AvgIpc) is 3.14. The molecular weight excluding hydrogens is 370 g/mol. The molecule has 1 N–H and O–H groups in total. The van der Waals surface area contributed by atoms with Crippen LogP contribution in [0.4, 0.5) is 5.69 Å². The molecule has 0 spiro atoms. The van der Waals surface area contributed by atoms with Gasteiger partial charge in [0.05, 0.1) is 6.61 Å². The smallest absolute Gasteiger partial charge is 0.255 e. The molecule has 4 rings (SSSR count). The molecule has 4 aromatic rings. The topological polar surface area (TPSA) is 64.1 Å². The number of carbonyl (C=O) groups excluding carboxylic acids is 1. The number of thiazole rings is 1. The van der Waals surface area contributed by atoms with Crippen molar-refractivity contribution >= 4 is 33.3 Å². The summed E-state index contributed by atoms with van der Waals surface area (Å²) >= 11 is 1.56. The van der Waals surface area contributed by atoms with Crippen LogP contribution in [0.5, 0.6) is 5.75 Å². The predicted octanol–water partition coefficient (Wildman–Crippen LogP) is 5.32. The van der Waals surface area contributed by atoms with Gasteiger partial charge in [-0.05, 0) is 74.0 Å². The molecular formula is C22H19N3O2S. The molecule has 0 bridgehead atoms. The fourth-order valence-corrected chi connectivity index (χ4v) is 3.80. The highest BCUT2D eigenvalue weighted by Crippen LogP contribution is 2.31. The van der Waals surface area contributed by atoms with E-state index in [0.717, 1.165) is 37.9 Å². The summed E-state index contributed by atoms with van der Waals surface area (Å²) in [7, 11) is 0. The van der Waals surface area contributed by atoms with Crippen molar-refractivity contribution in [2.24, 2.45) is 0 Å². The molecule has 0 unspecified atom stereocenters. The van der Waals surface area contributed by atoms with Crippen LogP contribution in [0.1, 0.15) is 22.8 Å². The summed E-state index contributed by atoms with van der Waals surface area (Å²) < 4.78 is 5.41. The Labute approximate surface area is 167 Å². The Kier molecular flexibility index (Phi) is 5.04. The Balaban J connectivity index is 1.53. The van der Waals surface area contributed by atoms with E-state index in [0.29, 0.717) is 12.2 Å². The van der Waals surface area contributed by atoms with Gasteiger partial charge in [0.25, 0.3) is 5.91 Å². The second kappa shape index (κ2) is 7.78. The number of carbonyl (C=O) groups is 1. The van der Waals surface area contributed by atoms with Crippen molar-refractivity contribution < 1.29 is 9.53 Å². The summed E-state index contributed by atoms with van der Waals surface area (Å²) in [5.74, 6) is 0.605. The third-order valence-corrected chi connectivity index (χ3v) is 5.34. The first kappa shape index (κ1) is 18.1. The minimum Gasteiger partial charge on any atom is -0.494 e. The second-order valence-corrected chi connectivity index (χ2v) is 7.27. The lowest BCUT2D eigenvalue weighted by molar-refractivity contribution is 0.102. The van der Waals surface area contributed by atoms with Gasteiger partial charge >= 0.3 is 0 Å². The van der Waals surface area contributed by atoms with Crippen LogP contribution in [-0.4, -0.2) is 22.5 Å². The number of benzene rings is 2. The van der Waals surface area contributed by atoms with Crippen molar-refractivity contribution in [2.75, 3.05) is 11.9 Å². The number of pyridine rings is 1. The fourth-order valence-electron chi connectivity index (χ4n) is 2.89. The molecule has 2 aromatic heterocycles. The molecule has 0 saturated carbocycles. The Hall–Kier alpha value is -3.25. The number of rotatable bonds is 5. The Morgan fingerprint density at radius 2 is 1.96 bits per heavy atom. The zero-order chi connectivity index (χ0) is 19.5. The minimum absolute atomic E-state index is 0.150. The van der Waals surface area contributed by atoms with Gasteiger partial charge in [-0.1, -0.05) is 11.3 Å². The largest absolute Gasteiger partial charge is 0.494 e. The highest BCUT2D eigenvalue weighted by Gasteiger charge is 2.11. The number of amides is 1. The van der Waals surface area contributed by atoms with Gasteiger partial charge in [-0.25, -0.2) is 9.97 Å². The quantitative estimate of drug-likeness (QED) is 0.502. The van der Waals surface area contributed by atoms with E-state index >= 15 is 0 Å². The van der Waals surface area contributed by atoms with Gasteiger partial charge in [0.2, 0.25) is 0 Å². The van der Waals surface area contributed by atoms with Crippen LogP contribution in [0.2, 0.25) is 0 Å². The predicted molar refractivity (Wildman–Crippen MR) is 113 cm³/mol. The lowest BCUT2D eigenvalue weighted by Gasteiger charge is -2.10. The van der Waals surface area contributed by atoms with Crippen LogP contribution in [0.15, 0.2) is 60.8 Å². The molecule has 0 saturated heterocycles. The Bertz CT molecular complexity index is 1100. The summed E-state index contributed by atoms with van der Waals surface area (Å²) in [4.78, 5) is 22.4. The first-order valence-corrected chi connectivity index (χ1v) is 9.82. The number of nitrogens with one attached hydrogen (secondary N) is 1. The SMILES string of the molecule is CCOc1ccc(C(=O)Nc2ccc(-c3nc4cccnc4s3)cc2C)cc1. The Morgan fingerprint density at radius 3 is 2.68 bits per heavy atom. The van der Waals surface area contributed by atoms with Crippen molar-refractivity contribution in [1.82, 2.24) is 9.97 Å². The van der Waals surface area contributed by atoms with Gasteiger partial charge < -0.3 is 10.1 Å². The molecule has 140 valence electrons. The third-order valence-electron chi connectivity index (χ3n) is 4.32. The fraction of sp³-hybridized carbons (Fsp3) is 0.136. The van der Waals surface area contributed by atoms with Crippen LogP contribution in [0, 0.1) is 6.92 Å². The summed E-state index contributed by atoms with van der Waals surface area (Å²) in [6.45, 7) is 4.50. The van der Waals surface area contributed by atoms with E-state index in [1.165, 1.54) is 0 Å². The van der Waals surface area contributed by atoms with E-state index in [4.69, 9.17) is 4.74 Å². The standard InChI is InChI=1S/C22H19N3O2S/c1-3-27-17-9-6-15(7-10-17)20(26)24-18-11-8-16(13-14(18)2)21-25-19-5-4-12-23-22(19)28-21/h4-13H,3H2,1-2H3,(H,24,26). The number of hydrogen-bond donors (Lipinski definition) is 1. The molecule has 2 aromatic carbocycles. The first-order valence-electron chi connectivity index (χ1n) is 9.01. The first-order chi connectivity index (χ1) is 13.6. The van der Waals surface area contributed by atoms with Crippen molar-refractivity contribution in [1.29, 1.82) is 0 Å². The monoisotopic (exact) mass is 389 g/mol. The molecule has 0 aliphatic carbocycles. The van der Waals surface area contributed by atoms with Crippen LogP contribution in [0.25, 0.3) is 20.9 Å². The molecule has 28 heavy (non-hydrogen) atoms. The van der Waals surface area contributed by atoms with E-state index in [1.54, 1.807) is 41.8 Å². The van der Waals surface area contributed by atoms with Crippen molar-refractivity contribution in [3.63, 3.8) is 0 Å². The number of ether oxygens (including phenoxy) is 1. The maximum Gasteiger partial charge on any atom is 0.255 e. The van der Waals surface area contributed by atoms with Gasteiger partial charge in [-0.3, -0.25) is 4.79 Å². The van der Waals surface area contributed by atoms with Crippen LogP contribution < -0.4 is 10.1 Å². The summed E-state index contributed by atoms with van der Waals surface area (Å²) in [5.41, 5.74) is 4.25. The molecule has 1 amide bonds. The number of hydrogen-bond acceptors (Lipinski definition) is 5. The average molecular weight is 389 g/mol. The summed E-state index contributed by atoms with van der Waals surface area (Å²) in [6, 6.07) is 16.9. The van der Waals surface area contributed by atoms with Gasteiger partial charge in [0, 0.05) is 23.0 Å². The lowest BCUT2D eigenvalue weighted by atomic mass is 10.1. The number of fused-ring (bicyclic) bond motifs is 1. The molecule has 0 radical (unpaired) electrons. The number of anilines is 1. The molecule has 0 aliphatic heterocycles. The van der Waals surface area contributed by atoms with E-state index in [1.807, 2.05) is 44.2 Å². The molecule has 0 atom stereocenters. The highest BCUT2D eigenvalue weighted by atomic mass is 32.1. The minimum atomic E-state index is -0.150. The molecule has 5 nitrogen and oxygen atoms in total. The lowest BCUT2D eigenvalue weighted by Crippen LogP contribution is -2.12. The van der Waals surface area contributed by atoms with E-state index in [-0.39, 0.29) is 5.91 Å². The van der Waals surface area contributed by atoms with E-state index < -0.39 is 0 Å². The zero-order valence-corrected chi connectivity index (χ0v) is 16.4. The second-order valence-electron chi connectivity index (χ2n) is 6.29. The van der Waals surface area contributed by atoms with Crippen molar-refractivity contribution in [3.8, 4) is 16.3 Å². The van der Waals surface area contributed by atoms with Gasteiger partial charge in [0.15, 0.2) is 0 Å².